The number of nitrogens with one attached hydrogen (secondary N) is 2. The minimum absolute atomic E-state index is 0.117. The highest BCUT2D eigenvalue weighted by Gasteiger charge is 2.32. The molecule has 0 bridgehead atoms. The first kappa shape index (κ1) is 26.6. The van der Waals surface area contributed by atoms with Gasteiger partial charge in [0.2, 0.25) is 17.6 Å². The number of anilines is 1. The van der Waals surface area contributed by atoms with E-state index in [2.05, 4.69) is 10.6 Å². The van der Waals surface area contributed by atoms with Crippen LogP contribution in [0.3, 0.4) is 0 Å². The molecule has 0 unspecified atom stereocenters. The van der Waals surface area contributed by atoms with Crippen molar-refractivity contribution in [2.24, 2.45) is 0 Å². The van der Waals surface area contributed by atoms with Crippen molar-refractivity contribution in [1.29, 1.82) is 0 Å². The number of hydrogen-bond acceptors (Lipinski definition) is 8. The number of aromatic hydroxyl groups is 1. The quantitative estimate of drug-likeness (QED) is 0.410. The van der Waals surface area contributed by atoms with E-state index in [0.29, 0.717) is 29.8 Å². The molecule has 2 amide bonds. The first-order chi connectivity index (χ1) is 18.3. The van der Waals surface area contributed by atoms with E-state index in [-0.39, 0.29) is 40.9 Å². The van der Waals surface area contributed by atoms with Crippen LogP contribution in [0, 0.1) is 6.92 Å². The van der Waals surface area contributed by atoms with Crippen molar-refractivity contribution in [2.45, 2.75) is 38.1 Å². The normalized spacial score (nSPS) is 15.5. The molecule has 2 aromatic carbocycles. The Morgan fingerprint density at radius 2 is 1.84 bits per heavy atom. The third-order valence-corrected chi connectivity index (χ3v) is 6.57. The maximum Gasteiger partial charge on any atom is 0.343 e. The van der Waals surface area contributed by atoms with Crippen LogP contribution in [0.1, 0.15) is 41.2 Å². The van der Waals surface area contributed by atoms with Crippen molar-refractivity contribution in [3.05, 3.63) is 75.3 Å². The van der Waals surface area contributed by atoms with Crippen molar-refractivity contribution in [1.82, 2.24) is 5.32 Å². The molecule has 3 N–H and O–H groups in total. The second kappa shape index (κ2) is 11.3. The van der Waals surface area contributed by atoms with Gasteiger partial charge in [-0.1, -0.05) is 24.3 Å². The van der Waals surface area contributed by atoms with Crippen LogP contribution in [-0.2, 0) is 16.0 Å². The number of benzene rings is 2. The van der Waals surface area contributed by atoms with Crippen LogP contribution in [0.4, 0.5) is 5.69 Å². The van der Waals surface area contributed by atoms with Gasteiger partial charge in [0.15, 0.2) is 11.5 Å². The monoisotopic (exact) mass is 522 g/mol. The minimum atomic E-state index is -0.993. The first-order valence-electron chi connectivity index (χ1n) is 12.1. The standard InChI is InChI=1S/C28H30N2O8/c1-15-13-21(31)24(28(34)38-15)18(17-10-12-22(35-2)26(37-4)25(17)36-3)14-23(32)29-20-11-9-16-7-5-6-8-19(16)30-27(20)33/h5-8,10,12-13,18,20,31H,9,11,14H2,1-4H3,(H,29,32)(H,30,33)/t18-,20-/m1/s1. The Kier molecular flexibility index (Phi) is 7.90. The van der Waals surface area contributed by atoms with Gasteiger partial charge in [-0.15, -0.1) is 0 Å². The van der Waals surface area contributed by atoms with E-state index in [1.165, 1.54) is 34.3 Å². The van der Waals surface area contributed by atoms with Crippen molar-refractivity contribution < 1.29 is 33.3 Å². The maximum absolute atomic E-state index is 13.4. The predicted molar refractivity (Wildman–Crippen MR) is 139 cm³/mol. The summed E-state index contributed by atoms with van der Waals surface area (Å²) in [6.45, 7) is 1.53. The van der Waals surface area contributed by atoms with E-state index in [4.69, 9.17) is 18.6 Å². The molecule has 0 fully saturated rings. The average molecular weight is 523 g/mol. The number of fused-ring (bicyclic) bond motifs is 1. The zero-order valence-electron chi connectivity index (χ0n) is 21.6. The molecule has 2 heterocycles. The molecule has 0 radical (unpaired) electrons. The van der Waals surface area contributed by atoms with Crippen LogP contribution in [0.2, 0.25) is 0 Å². The third-order valence-electron chi connectivity index (χ3n) is 6.57. The maximum atomic E-state index is 13.4. The molecular formula is C28H30N2O8. The molecule has 0 saturated carbocycles. The largest absolute Gasteiger partial charge is 0.507 e. The van der Waals surface area contributed by atoms with E-state index < -0.39 is 23.5 Å². The van der Waals surface area contributed by atoms with Crippen molar-refractivity contribution in [3.63, 3.8) is 0 Å². The third kappa shape index (κ3) is 5.29. The number of ether oxygens (including phenoxy) is 3. The Morgan fingerprint density at radius 3 is 2.53 bits per heavy atom. The molecule has 10 nitrogen and oxygen atoms in total. The second-order valence-electron chi connectivity index (χ2n) is 8.93. The first-order valence-corrected chi connectivity index (χ1v) is 12.1. The summed E-state index contributed by atoms with van der Waals surface area (Å²) in [4.78, 5) is 39.1. The summed E-state index contributed by atoms with van der Waals surface area (Å²) in [5.41, 5.74) is 1.18. The van der Waals surface area contributed by atoms with E-state index >= 15 is 0 Å². The lowest BCUT2D eigenvalue weighted by atomic mass is 9.87. The summed E-state index contributed by atoms with van der Waals surface area (Å²) in [7, 11) is 4.33. The molecule has 0 saturated heterocycles. The van der Waals surface area contributed by atoms with Gasteiger partial charge < -0.3 is 34.4 Å². The van der Waals surface area contributed by atoms with Gasteiger partial charge in [0.25, 0.3) is 0 Å². The number of rotatable bonds is 8. The zero-order chi connectivity index (χ0) is 27.4. The smallest absolute Gasteiger partial charge is 0.343 e. The lowest BCUT2D eigenvalue weighted by Crippen LogP contribution is -2.43. The number of methoxy groups -OCH3 is 3. The highest BCUT2D eigenvalue weighted by Crippen LogP contribution is 2.46. The molecule has 38 heavy (non-hydrogen) atoms. The van der Waals surface area contributed by atoms with Gasteiger partial charge in [-0.3, -0.25) is 9.59 Å². The molecule has 4 rings (SSSR count). The molecule has 1 aliphatic heterocycles. The summed E-state index contributed by atoms with van der Waals surface area (Å²) >= 11 is 0. The van der Waals surface area contributed by atoms with Crippen LogP contribution in [0.25, 0.3) is 0 Å². The number of carbonyl (C=O) groups excluding carboxylic acids is 2. The zero-order valence-corrected chi connectivity index (χ0v) is 21.6. The van der Waals surface area contributed by atoms with E-state index in [1.807, 2.05) is 24.3 Å². The topological polar surface area (TPSA) is 136 Å². The second-order valence-corrected chi connectivity index (χ2v) is 8.93. The number of carbonyl (C=O) groups is 2. The van der Waals surface area contributed by atoms with Gasteiger partial charge in [0.1, 0.15) is 17.6 Å². The SMILES string of the molecule is COc1ccc([C@@H](CC(=O)N[C@@H]2CCc3ccccc3NC2=O)c2c(O)cc(C)oc2=O)c(OC)c1OC. The van der Waals surface area contributed by atoms with Gasteiger partial charge in [-0.05, 0) is 37.5 Å². The van der Waals surface area contributed by atoms with E-state index in [9.17, 15) is 19.5 Å². The van der Waals surface area contributed by atoms with Crippen molar-refractivity contribution >= 4 is 17.5 Å². The van der Waals surface area contributed by atoms with Gasteiger partial charge in [0, 0.05) is 29.7 Å². The van der Waals surface area contributed by atoms with Gasteiger partial charge >= 0.3 is 5.63 Å². The average Bonchev–Trinajstić information content (AvgIpc) is 3.04. The van der Waals surface area contributed by atoms with Crippen LogP contribution < -0.4 is 30.5 Å². The van der Waals surface area contributed by atoms with Crippen LogP contribution >= 0.6 is 0 Å². The van der Waals surface area contributed by atoms with Crippen LogP contribution in [0.15, 0.2) is 51.7 Å². The lowest BCUT2D eigenvalue weighted by Gasteiger charge is -2.23. The summed E-state index contributed by atoms with van der Waals surface area (Å²) in [5.74, 6) is -1.07. The number of amides is 2. The van der Waals surface area contributed by atoms with Crippen LogP contribution in [0.5, 0.6) is 23.0 Å². The van der Waals surface area contributed by atoms with Crippen LogP contribution in [-0.4, -0.2) is 44.3 Å². The number of aryl methyl sites for hydroxylation is 2. The molecule has 2 atom stereocenters. The fourth-order valence-corrected chi connectivity index (χ4v) is 4.78. The van der Waals surface area contributed by atoms with Crippen molar-refractivity contribution in [2.75, 3.05) is 26.6 Å². The number of hydrogen-bond donors (Lipinski definition) is 3. The molecule has 10 heteroatoms. The predicted octanol–water partition coefficient (Wildman–Crippen LogP) is 3.27. The van der Waals surface area contributed by atoms with E-state index in [0.717, 1.165) is 5.56 Å². The van der Waals surface area contributed by atoms with Crippen molar-refractivity contribution in [3.8, 4) is 23.0 Å². The van der Waals surface area contributed by atoms with E-state index in [1.54, 1.807) is 12.1 Å². The molecular weight excluding hydrogens is 492 g/mol. The summed E-state index contributed by atoms with van der Waals surface area (Å²) in [6, 6.07) is 11.2. The molecule has 3 aromatic rings. The molecule has 1 aromatic heterocycles. The lowest BCUT2D eigenvalue weighted by molar-refractivity contribution is -0.126. The highest BCUT2D eigenvalue weighted by molar-refractivity contribution is 5.98. The fraction of sp³-hybridized carbons (Fsp3) is 0.321. The van der Waals surface area contributed by atoms with Gasteiger partial charge in [0.05, 0.1) is 26.9 Å². The minimum Gasteiger partial charge on any atom is -0.507 e. The summed E-state index contributed by atoms with van der Waals surface area (Å²) in [6.07, 6.45) is 0.704. The molecule has 0 aliphatic carbocycles. The Bertz CT molecular complexity index is 1410. The Balaban J connectivity index is 1.70. The Labute approximate surface area is 219 Å². The fourth-order valence-electron chi connectivity index (χ4n) is 4.78. The molecule has 0 spiro atoms. The Morgan fingerprint density at radius 1 is 1.11 bits per heavy atom. The van der Waals surface area contributed by atoms with Gasteiger partial charge in [-0.25, -0.2) is 4.79 Å². The Hall–Kier alpha value is -4.47. The molecule has 1 aliphatic rings. The summed E-state index contributed by atoms with van der Waals surface area (Å²) < 4.78 is 21.7. The van der Waals surface area contributed by atoms with Gasteiger partial charge in [-0.2, -0.15) is 0 Å². The molecule has 200 valence electrons. The number of para-hydroxylation sites is 1. The summed E-state index contributed by atoms with van der Waals surface area (Å²) in [5, 5.41) is 16.4. The highest BCUT2D eigenvalue weighted by atomic mass is 16.5.